The maximum Gasteiger partial charge on any atom is 0.409 e. The molecule has 1 fully saturated rings. The highest BCUT2D eigenvalue weighted by atomic mass is 32.2. The van der Waals surface area contributed by atoms with Crippen molar-refractivity contribution in [3.63, 3.8) is 0 Å². The van der Waals surface area contributed by atoms with Crippen molar-refractivity contribution in [1.82, 2.24) is 10.2 Å². The quantitative estimate of drug-likeness (QED) is 0.383. The molecule has 0 saturated carbocycles. The van der Waals surface area contributed by atoms with E-state index in [0.29, 0.717) is 48.6 Å². The Bertz CT molecular complexity index is 1430. The topological polar surface area (TPSA) is 79.0 Å². The number of thioether (sulfide) groups is 1. The standard InChI is InChI=1S/C31H30FN3O4S/c1-2-39-31(38)34-17-15-24(16-18-34)33-29(36)22-13-11-21(12-14-22)19-28-30(37)35(20-23-7-3-4-8-25(23)32)26-9-5-6-10-27(26)40-28/h3-14,19,24H,2,15-18,20H2,1H3,(H,33,36)/b28-19-. The molecule has 3 amide bonds. The lowest BCUT2D eigenvalue weighted by atomic mass is 10.0. The third-order valence-electron chi connectivity index (χ3n) is 6.95. The summed E-state index contributed by atoms with van der Waals surface area (Å²) in [6.45, 7) is 3.32. The number of nitrogens with one attached hydrogen (secondary N) is 1. The maximum absolute atomic E-state index is 14.4. The van der Waals surface area contributed by atoms with Crippen LogP contribution in [-0.4, -0.2) is 48.5 Å². The number of likely N-dealkylation sites (tertiary alicyclic amines) is 1. The molecule has 0 bridgehead atoms. The largest absolute Gasteiger partial charge is 0.450 e. The van der Waals surface area contributed by atoms with Crippen LogP contribution in [0.3, 0.4) is 0 Å². The van der Waals surface area contributed by atoms with Gasteiger partial charge in [0, 0.05) is 35.2 Å². The molecule has 40 heavy (non-hydrogen) atoms. The minimum Gasteiger partial charge on any atom is -0.450 e. The van der Waals surface area contributed by atoms with E-state index in [2.05, 4.69) is 5.32 Å². The summed E-state index contributed by atoms with van der Waals surface area (Å²) >= 11 is 1.38. The molecule has 0 radical (unpaired) electrons. The van der Waals surface area contributed by atoms with Crippen molar-refractivity contribution in [2.24, 2.45) is 0 Å². The highest BCUT2D eigenvalue weighted by Crippen LogP contribution is 2.42. The summed E-state index contributed by atoms with van der Waals surface area (Å²) in [7, 11) is 0. The number of anilines is 1. The molecule has 3 aromatic carbocycles. The number of hydrogen-bond acceptors (Lipinski definition) is 5. The van der Waals surface area contributed by atoms with E-state index in [1.807, 2.05) is 24.3 Å². The summed E-state index contributed by atoms with van der Waals surface area (Å²) in [4.78, 5) is 42.9. The van der Waals surface area contributed by atoms with Gasteiger partial charge in [-0.05, 0) is 61.7 Å². The van der Waals surface area contributed by atoms with Crippen molar-refractivity contribution in [3.05, 3.63) is 100 Å². The Balaban J connectivity index is 1.26. The molecule has 1 N–H and O–H groups in total. The molecule has 2 heterocycles. The number of carbonyl (C=O) groups excluding carboxylic acids is 3. The highest BCUT2D eigenvalue weighted by molar-refractivity contribution is 8.04. The average Bonchev–Trinajstić information content (AvgIpc) is 2.97. The van der Waals surface area contributed by atoms with Gasteiger partial charge >= 0.3 is 6.09 Å². The molecule has 2 aliphatic heterocycles. The Morgan fingerprint density at radius 1 is 1.02 bits per heavy atom. The summed E-state index contributed by atoms with van der Waals surface area (Å²) in [5.74, 6) is -0.736. The van der Waals surface area contributed by atoms with Gasteiger partial charge in [-0.1, -0.05) is 54.2 Å². The normalized spacial score (nSPS) is 16.6. The number of carbonyl (C=O) groups is 3. The van der Waals surface area contributed by atoms with Crippen LogP contribution in [0, 0.1) is 5.82 Å². The molecule has 0 aliphatic carbocycles. The predicted molar refractivity (Wildman–Crippen MR) is 153 cm³/mol. The first-order valence-corrected chi connectivity index (χ1v) is 14.1. The fourth-order valence-corrected chi connectivity index (χ4v) is 5.85. The zero-order valence-corrected chi connectivity index (χ0v) is 23.0. The van der Waals surface area contributed by atoms with Crippen molar-refractivity contribution in [1.29, 1.82) is 0 Å². The molecular weight excluding hydrogens is 529 g/mol. The third-order valence-corrected chi connectivity index (χ3v) is 8.02. The lowest BCUT2D eigenvalue weighted by Gasteiger charge is -2.31. The molecule has 0 unspecified atom stereocenters. The average molecular weight is 560 g/mol. The van der Waals surface area contributed by atoms with Crippen molar-refractivity contribution in [2.45, 2.75) is 37.2 Å². The van der Waals surface area contributed by atoms with Crippen LogP contribution < -0.4 is 10.2 Å². The van der Waals surface area contributed by atoms with E-state index < -0.39 is 0 Å². The molecule has 7 nitrogen and oxygen atoms in total. The minimum absolute atomic E-state index is 0.0169. The van der Waals surface area contributed by atoms with Crippen molar-refractivity contribution in [2.75, 3.05) is 24.6 Å². The van der Waals surface area contributed by atoms with Crippen LogP contribution in [-0.2, 0) is 16.1 Å². The first kappa shape index (κ1) is 27.5. The molecule has 0 spiro atoms. The second-order valence-corrected chi connectivity index (χ2v) is 10.7. The molecule has 0 atom stereocenters. The number of amides is 3. The predicted octanol–water partition coefficient (Wildman–Crippen LogP) is 5.86. The van der Waals surface area contributed by atoms with Gasteiger partial charge in [-0.25, -0.2) is 9.18 Å². The summed E-state index contributed by atoms with van der Waals surface area (Å²) < 4.78 is 19.5. The Morgan fingerprint density at radius 2 is 1.73 bits per heavy atom. The van der Waals surface area contributed by atoms with Crippen LogP contribution in [0.15, 0.2) is 82.6 Å². The van der Waals surface area contributed by atoms with Gasteiger partial charge in [0.15, 0.2) is 0 Å². The van der Waals surface area contributed by atoms with Gasteiger partial charge in [-0.2, -0.15) is 0 Å². The van der Waals surface area contributed by atoms with Gasteiger partial charge in [0.25, 0.3) is 11.8 Å². The van der Waals surface area contributed by atoms with Gasteiger partial charge in [-0.3, -0.25) is 9.59 Å². The number of piperidine rings is 1. The molecule has 0 aromatic heterocycles. The van der Waals surface area contributed by atoms with Crippen LogP contribution in [0.25, 0.3) is 6.08 Å². The fraction of sp³-hybridized carbons (Fsp3) is 0.258. The van der Waals surface area contributed by atoms with Crippen molar-refractivity contribution >= 4 is 41.4 Å². The molecule has 5 rings (SSSR count). The molecule has 3 aromatic rings. The second kappa shape index (κ2) is 12.4. The van der Waals surface area contributed by atoms with Gasteiger partial charge in [0.2, 0.25) is 0 Å². The Morgan fingerprint density at radius 3 is 2.45 bits per heavy atom. The van der Waals surface area contributed by atoms with Crippen molar-refractivity contribution < 1.29 is 23.5 Å². The van der Waals surface area contributed by atoms with Crippen LogP contribution in [0.2, 0.25) is 0 Å². The van der Waals surface area contributed by atoms with Gasteiger partial charge < -0.3 is 19.9 Å². The van der Waals surface area contributed by atoms with Crippen LogP contribution >= 0.6 is 11.8 Å². The maximum atomic E-state index is 14.4. The molecular formula is C31H30FN3O4S. The Hall–Kier alpha value is -4.11. The number of benzene rings is 3. The number of ether oxygens (including phenoxy) is 1. The first-order valence-electron chi connectivity index (χ1n) is 13.3. The van der Waals surface area contributed by atoms with Crippen LogP contribution in [0.4, 0.5) is 14.9 Å². The highest BCUT2D eigenvalue weighted by Gasteiger charge is 2.30. The van der Waals surface area contributed by atoms with Crippen LogP contribution in [0.5, 0.6) is 0 Å². The van der Waals surface area contributed by atoms with E-state index in [1.54, 1.807) is 65.3 Å². The third kappa shape index (κ3) is 6.20. The molecule has 2 aliphatic rings. The van der Waals surface area contributed by atoms with Gasteiger partial charge in [-0.15, -0.1) is 0 Å². The van der Waals surface area contributed by atoms with Crippen molar-refractivity contribution in [3.8, 4) is 0 Å². The zero-order chi connectivity index (χ0) is 28.1. The van der Waals surface area contributed by atoms with E-state index in [-0.39, 0.29) is 36.3 Å². The van der Waals surface area contributed by atoms with Crippen LogP contribution in [0.1, 0.15) is 41.3 Å². The molecule has 1 saturated heterocycles. The SMILES string of the molecule is CCOC(=O)N1CCC(NC(=O)c2ccc(/C=C3\Sc4ccccc4N(Cc4ccccc4F)C3=O)cc2)CC1. The molecule has 9 heteroatoms. The lowest BCUT2D eigenvalue weighted by molar-refractivity contribution is -0.114. The molecule has 206 valence electrons. The fourth-order valence-electron chi connectivity index (χ4n) is 4.79. The van der Waals surface area contributed by atoms with E-state index in [9.17, 15) is 18.8 Å². The van der Waals surface area contributed by atoms with E-state index in [4.69, 9.17) is 4.74 Å². The number of nitrogens with zero attached hydrogens (tertiary/aromatic N) is 2. The first-order chi connectivity index (χ1) is 19.4. The zero-order valence-electron chi connectivity index (χ0n) is 22.1. The number of hydrogen-bond donors (Lipinski definition) is 1. The smallest absolute Gasteiger partial charge is 0.409 e. The summed E-state index contributed by atoms with van der Waals surface area (Å²) in [6.07, 6.45) is 2.81. The minimum atomic E-state index is -0.352. The Kier molecular flexibility index (Phi) is 8.50. The number of rotatable bonds is 6. The second-order valence-electron chi connectivity index (χ2n) is 9.62. The lowest BCUT2D eigenvalue weighted by Crippen LogP contribution is -2.46. The van der Waals surface area contributed by atoms with Gasteiger partial charge in [0.05, 0.1) is 23.7 Å². The van der Waals surface area contributed by atoms with E-state index >= 15 is 0 Å². The van der Waals surface area contributed by atoms with E-state index in [0.717, 1.165) is 16.1 Å². The van der Waals surface area contributed by atoms with Gasteiger partial charge in [0.1, 0.15) is 5.82 Å². The summed E-state index contributed by atoms with van der Waals surface area (Å²) in [5, 5.41) is 3.05. The number of fused-ring (bicyclic) bond motifs is 1. The monoisotopic (exact) mass is 559 g/mol. The summed E-state index contributed by atoms with van der Waals surface area (Å²) in [5.41, 5.74) is 2.49. The van der Waals surface area contributed by atoms with E-state index in [1.165, 1.54) is 17.8 Å². The summed E-state index contributed by atoms with van der Waals surface area (Å²) in [6, 6.07) is 21.1. The number of halogens is 1. The Labute approximate surface area is 237 Å². The number of para-hydroxylation sites is 1.